The lowest BCUT2D eigenvalue weighted by molar-refractivity contribution is 0.0705. The van der Waals surface area contributed by atoms with Crippen LogP contribution in [0.3, 0.4) is 0 Å². The molecule has 1 atom stereocenters. The van der Waals surface area contributed by atoms with Gasteiger partial charge in [0.2, 0.25) is 0 Å². The van der Waals surface area contributed by atoms with Crippen LogP contribution in [0.25, 0.3) is 0 Å². The minimum absolute atomic E-state index is 0.0164. The monoisotopic (exact) mass is 323 g/mol. The van der Waals surface area contributed by atoms with E-state index in [1.54, 1.807) is 18.6 Å². The first-order valence-corrected chi connectivity index (χ1v) is 8.60. The Morgan fingerprint density at radius 1 is 1.08 bits per heavy atom. The van der Waals surface area contributed by atoms with Crippen LogP contribution in [0, 0.1) is 6.92 Å². The molecular weight excluding hydrogens is 302 g/mol. The quantitative estimate of drug-likeness (QED) is 0.867. The number of hydrogen-bond acceptors (Lipinski definition) is 5. The van der Waals surface area contributed by atoms with Crippen LogP contribution >= 0.6 is 0 Å². The van der Waals surface area contributed by atoms with Crippen molar-refractivity contribution >= 4 is 5.91 Å². The molecule has 0 spiro atoms. The van der Waals surface area contributed by atoms with E-state index in [-0.39, 0.29) is 11.8 Å². The van der Waals surface area contributed by atoms with Crippen molar-refractivity contribution in [3.8, 4) is 0 Å². The first-order chi connectivity index (χ1) is 11.7. The van der Waals surface area contributed by atoms with E-state index in [9.17, 15) is 4.79 Å². The minimum Gasteiger partial charge on any atom is -0.338 e. The van der Waals surface area contributed by atoms with Gasteiger partial charge in [-0.25, -0.2) is 9.97 Å². The maximum Gasteiger partial charge on any atom is 0.257 e. The van der Waals surface area contributed by atoms with Crippen molar-refractivity contribution in [3.63, 3.8) is 0 Å². The highest BCUT2D eigenvalue weighted by molar-refractivity contribution is 5.93. The van der Waals surface area contributed by atoms with Crippen LogP contribution in [0.4, 0.5) is 0 Å². The van der Waals surface area contributed by atoms with Gasteiger partial charge in [0, 0.05) is 49.7 Å². The number of carbonyl (C=O) groups excluding carboxylic acids is 1. The second-order valence-electron chi connectivity index (χ2n) is 6.78. The molecule has 3 heterocycles. The van der Waals surface area contributed by atoms with Gasteiger partial charge in [-0.2, -0.15) is 0 Å². The third-order valence-electron chi connectivity index (χ3n) is 4.76. The number of aryl methyl sites for hydroxylation is 1. The van der Waals surface area contributed by atoms with Gasteiger partial charge in [0.1, 0.15) is 5.82 Å². The van der Waals surface area contributed by atoms with Crippen molar-refractivity contribution in [2.24, 2.45) is 0 Å². The largest absolute Gasteiger partial charge is 0.338 e. The fourth-order valence-corrected chi connectivity index (χ4v) is 3.27. The zero-order valence-electron chi connectivity index (χ0n) is 13.9. The average molecular weight is 323 g/mol. The number of nitrogens with zero attached hydrogens (tertiary/aromatic N) is 5. The third-order valence-corrected chi connectivity index (χ3v) is 4.76. The van der Waals surface area contributed by atoms with Gasteiger partial charge in [-0.3, -0.25) is 14.8 Å². The molecule has 2 aliphatic rings. The van der Waals surface area contributed by atoms with Crippen molar-refractivity contribution in [1.29, 1.82) is 0 Å². The molecule has 6 nitrogen and oxygen atoms in total. The van der Waals surface area contributed by atoms with Crippen molar-refractivity contribution in [2.75, 3.05) is 13.1 Å². The van der Waals surface area contributed by atoms with Gasteiger partial charge in [-0.1, -0.05) is 0 Å². The van der Waals surface area contributed by atoms with E-state index in [0.717, 1.165) is 36.6 Å². The minimum atomic E-state index is 0.0164. The predicted octanol–water partition coefficient (Wildman–Crippen LogP) is 2.47. The van der Waals surface area contributed by atoms with Gasteiger partial charge in [0.15, 0.2) is 0 Å². The second-order valence-corrected chi connectivity index (χ2v) is 6.78. The molecule has 1 aliphatic heterocycles. The molecule has 4 rings (SSSR count). The number of likely N-dealkylation sites (tertiary alicyclic amines) is 1. The highest BCUT2D eigenvalue weighted by Gasteiger charge is 2.29. The van der Waals surface area contributed by atoms with Gasteiger partial charge in [0.05, 0.1) is 17.0 Å². The maximum absolute atomic E-state index is 12.8. The second kappa shape index (κ2) is 6.26. The lowest BCUT2D eigenvalue weighted by Gasteiger charge is -2.32. The molecule has 0 aromatic carbocycles. The zero-order chi connectivity index (χ0) is 16.5. The summed E-state index contributed by atoms with van der Waals surface area (Å²) in [6.07, 6.45) is 11.3. The first kappa shape index (κ1) is 15.2. The summed E-state index contributed by atoms with van der Waals surface area (Å²) in [7, 11) is 0. The fraction of sp³-hybridized carbons (Fsp3) is 0.500. The molecule has 2 fully saturated rings. The molecule has 0 bridgehead atoms. The summed E-state index contributed by atoms with van der Waals surface area (Å²) in [6.45, 7) is 3.40. The number of rotatable bonds is 3. The van der Waals surface area contributed by atoms with E-state index in [4.69, 9.17) is 0 Å². The van der Waals surface area contributed by atoms with Crippen molar-refractivity contribution in [1.82, 2.24) is 24.8 Å². The Labute approximate surface area is 141 Å². The van der Waals surface area contributed by atoms with E-state index >= 15 is 0 Å². The Morgan fingerprint density at radius 3 is 2.58 bits per heavy atom. The van der Waals surface area contributed by atoms with E-state index in [1.807, 2.05) is 18.0 Å². The molecule has 24 heavy (non-hydrogen) atoms. The third kappa shape index (κ3) is 3.13. The molecule has 1 aliphatic carbocycles. The average Bonchev–Trinajstić information content (AvgIpc) is 3.47. The number of amides is 1. The molecule has 1 amide bonds. The molecule has 1 saturated heterocycles. The highest BCUT2D eigenvalue weighted by Crippen LogP contribution is 2.37. The number of piperidine rings is 1. The Morgan fingerprint density at radius 2 is 1.88 bits per heavy atom. The van der Waals surface area contributed by atoms with Crippen LogP contribution in [0.2, 0.25) is 0 Å². The summed E-state index contributed by atoms with van der Waals surface area (Å²) >= 11 is 0. The predicted molar refractivity (Wildman–Crippen MR) is 88.7 cm³/mol. The lowest BCUT2D eigenvalue weighted by atomic mass is 9.94. The van der Waals surface area contributed by atoms with Gasteiger partial charge in [-0.05, 0) is 32.6 Å². The summed E-state index contributed by atoms with van der Waals surface area (Å²) in [6, 6.07) is 0. The molecule has 0 N–H and O–H groups in total. The van der Waals surface area contributed by atoms with Crippen molar-refractivity contribution in [2.45, 2.75) is 44.4 Å². The molecule has 2 aromatic heterocycles. The number of hydrogen-bond donors (Lipinski definition) is 0. The Bertz CT molecular complexity index is 741. The molecular formula is C18H21N5O. The smallest absolute Gasteiger partial charge is 0.257 e. The standard InChI is InChI=1S/C18H21N5O/c1-12-7-19-10-16(22-12)14-3-2-6-23(11-14)18(24)15-8-20-17(21-9-15)13-4-5-13/h7-10,13-14H,2-6,11H2,1H3/t14-/m1/s1. The molecule has 0 radical (unpaired) electrons. The summed E-state index contributed by atoms with van der Waals surface area (Å²) in [5.74, 6) is 1.65. The van der Waals surface area contributed by atoms with Crippen LogP contribution < -0.4 is 0 Å². The van der Waals surface area contributed by atoms with E-state index in [0.29, 0.717) is 18.0 Å². The van der Waals surface area contributed by atoms with Crippen molar-refractivity contribution < 1.29 is 4.79 Å². The molecule has 2 aromatic rings. The van der Waals surface area contributed by atoms with E-state index in [2.05, 4.69) is 19.9 Å². The molecule has 1 saturated carbocycles. The summed E-state index contributed by atoms with van der Waals surface area (Å²) in [5, 5.41) is 0. The van der Waals surface area contributed by atoms with Gasteiger partial charge >= 0.3 is 0 Å². The topological polar surface area (TPSA) is 71.9 Å². The van der Waals surface area contributed by atoms with Gasteiger partial charge in [0.25, 0.3) is 5.91 Å². The SMILES string of the molecule is Cc1cncc([C@@H]2CCCN(C(=O)c3cnc(C4CC4)nc3)C2)n1. The molecule has 6 heteroatoms. The number of aromatic nitrogens is 4. The van der Waals surface area contributed by atoms with Crippen LogP contribution in [0.1, 0.15) is 65.1 Å². The molecule has 124 valence electrons. The summed E-state index contributed by atoms with van der Waals surface area (Å²) in [4.78, 5) is 32.2. The van der Waals surface area contributed by atoms with Crippen molar-refractivity contribution in [3.05, 3.63) is 47.6 Å². The highest BCUT2D eigenvalue weighted by atomic mass is 16.2. The fourth-order valence-electron chi connectivity index (χ4n) is 3.27. The van der Waals surface area contributed by atoms with Gasteiger partial charge in [-0.15, -0.1) is 0 Å². The van der Waals surface area contributed by atoms with Crippen LogP contribution in [-0.4, -0.2) is 43.8 Å². The molecule has 0 unspecified atom stereocenters. The first-order valence-electron chi connectivity index (χ1n) is 8.60. The van der Waals surface area contributed by atoms with E-state index < -0.39 is 0 Å². The van der Waals surface area contributed by atoms with Crippen LogP contribution in [-0.2, 0) is 0 Å². The van der Waals surface area contributed by atoms with Gasteiger partial charge < -0.3 is 4.90 Å². The normalized spacial score (nSPS) is 20.9. The van der Waals surface area contributed by atoms with Crippen LogP contribution in [0.5, 0.6) is 0 Å². The Kier molecular flexibility index (Phi) is 3.96. The van der Waals surface area contributed by atoms with Crippen LogP contribution in [0.15, 0.2) is 24.8 Å². The maximum atomic E-state index is 12.8. The Hall–Kier alpha value is -2.37. The zero-order valence-corrected chi connectivity index (χ0v) is 13.9. The Balaban J connectivity index is 1.47. The number of carbonyl (C=O) groups is 1. The lowest BCUT2D eigenvalue weighted by Crippen LogP contribution is -2.39. The summed E-state index contributed by atoms with van der Waals surface area (Å²) < 4.78 is 0. The van der Waals surface area contributed by atoms with E-state index in [1.165, 1.54) is 12.8 Å². The summed E-state index contributed by atoms with van der Waals surface area (Å²) in [5.41, 5.74) is 2.48.